The molecule has 0 spiro atoms. The molecule has 0 bridgehead atoms. The highest BCUT2D eigenvalue weighted by Gasteiger charge is 2.08. The Morgan fingerprint density at radius 3 is 2.77 bits per heavy atom. The molecule has 0 saturated carbocycles. The maximum atomic E-state index is 5.93. The average molecular weight is 262 g/mol. The Labute approximate surface area is 93.4 Å². The standard InChI is InChI=1S/C11H14BrCl/c1-2-4-10(8-12)9-5-3-6-11(13)7-9/h3,5-7,10H,2,4,8H2,1H3. The summed E-state index contributed by atoms with van der Waals surface area (Å²) in [5, 5.41) is 1.85. The number of benzene rings is 1. The van der Waals surface area contributed by atoms with Gasteiger partial charge >= 0.3 is 0 Å². The summed E-state index contributed by atoms with van der Waals surface area (Å²) in [5.74, 6) is 0.601. The van der Waals surface area contributed by atoms with E-state index in [4.69, 9.17) is 11.6 Å². The lowest BCUT2D eigenvalue weighted by atomic mass is 9.97. The zero-order valence-corrected chi connectivity index (χ0v) is 10.1. The van der Waals surface area contributed by atoms with Crippen molar-refractivity contribution in [3.63, 3.8) is 0 Å². The maximum Gasteiger partial charge on any atom is 0.0408 e. The molecule has 1 aromatic carbocycles. The van der Waals surface area contributed by atoms with Crippen molar-refractivity contribution in [2.45, 2.75) is 25.7 Å². The molecule has 0 aliphatic rings. The van der Waals surface area contributed by atoms with E-state index in [1.165, 1.54) is 18.4 Å². The van der Waals surface area contributed by atoms with Crippen LogP contribution < -0.4 is 0 Å². The molecule has 0 aromatic heterocycles. The van der Waals surface area contributed by atoms with E-state index < -0.39 is 0 Å². The third-order valence-corrected chi connectivity index (χ3v) is 3.16. The van der Waals surface area contributed by atoms with E-state index in [9.17, 15) is 0 Å². The van der Waals surface area contributed by atoms with Gasteiger partial charge in [-0.05, 0) is 30.0 Å². The molecule has 2 heteroatoms. The van der Waals surface area contributed by atoms with Crippen LogP contribution in [0.25, 0.3) is 0 Å². The summed E-state index contributed by atoms with van der Waals surface area (Å²) in [7, 11) is 0. The minimum atomic E-state index is 0.601. The van der Waals surface area contributed by atoms with Crippen molar-refractivity contribution in [3.8, 4) is 0 Å². The lowest BCUT2D eigenvalue weighted by Crippen LogP contribution is -1.99. The van der Waals surface area contributed by atoms with Crippen LogP contribution in [0.2, 0.25) is 5.02 Å². The molecule has 0 heterocycles. The molecular formula is C11H14BrCl. The first kappa shape index (κ1) is 11.1. The predicted octanol–water partition coefficient (Wildman–Crippen LogP) is 4.62. The van der Waals surface area contributed by atoms with Gasteiger partial charge in [-0.1, -0.05) is 53.0 Å². The van der Waals surface area contributed by atoms with Crippen molar-refractivity contribution in [2.75, 3.05) is 5.33 Å². The largest absolute Gasteiger partial charge is 0.0921 e. The van der Waals surface area contributed by atoms with Crippen LogP contribution in [0.1, 0.15) is 31.2 Å². The number of rotatable bonds is 4. The first-order valence-corrected chi connectivity index (χ1v) is 6.09. The van der Waals surface area contributed by atoms with Crippen LogP contribution in [0.3, 0.4) is 0 Å². The van der Waals surface area contributed by atoms with Crippen molar-refractivity contribution in [3.05, 3.63) is 34.9 Å². The van der Waals surface area contributed by atoms with Gasteiger partial charge in [0, 0.05) is 10.4 Å². The first-order chi connectivity index (χ1) is 6.27. The van der Waals surface area contributed by atoms with Gasteiger partial charge in [0.15, 0.2) is 0 Å². The molecule has 0 aliphatic heterocycles. The Hall–Kier alpha value is -0.0100. The molecule has 0 saturated heterocycles. The summed E-state index contributed by atoms with van der Waals surface area (Å²) in [6.45, 7) is 2.21. The Balaban J connectivity index is 2.78. The molecule has 0 N–H and O–H groups in total. The molecule has 0 radical (unpaired) electrons. The lowest BCUT2D eigenvalue weighted by molar-refractivity contribution is 0.676. The molecular weight excluding hydrogens is 247 g/mol. The van der Waals surface area contributed by atoms with Gasteiger partial charge < -0.3 is 0 Å². The van der Waals surface area contributed by atoms with Crippen LogP contribution >= 0.6 is 27.5 Å². The van der Waals surface area contributed by atoms with Crippen LogP contribution in [0.15, 0.2) is 24.3 Å². The molecule has 0 aliphatic carbocycles. The van der Waals surface area contributed by atoms with Gasteiger partial charge in [-0.2, -0.15) is 0 Å². The molecule has 0 amide bonds. The third kappa shape index (κ3) is 3.32. The second-order valence-electron chi connectivity index (χ2n) is 3.19. The fourth-order valence-corrected chi connectivity index (χ4v) is 2.34. The number of halogens is 2. The second-order valence-corrected chi connectivity index (χ2v) is 4.28. The molecule has 13 heavy (non-hydrogen) atoms. The quantitative estimate of drug-likeness (QED) is 0.694. The Morgan fingerprint density at radius 2 is 2.23 bits per heavy atom. The fourth-order valence-electron chi connectivity index (χ4n) is 1.44. The lowest BCUT2D eigenvalue weighted by Gasteiger charge is -2.13. The minimum Gasteiger partial charge on any atom is -0.0921 e. The van der Waals surface area contributed by atoms with Crippen LogP contribution in [0.4, 0.5) is 0 Å². The monoisotopic (exact) mass is 260 g/mol. The average Bonchev–Trinajstić information content (AvgIpc) is 2.14. The van der Waals surface area contributed by atoms with Crippen molar-refractivity contribution < 1.29 is 0 Å². The van der Waals surface area contributed by atoms with Gasteiger partial charge in [-0.25, -0.2) is 0 Å². The van der Waals surface area contributed by atoms with E-state index in [1.54, 1.807) is 0 Å². The van der Waals surface area contributed by atoms with Gasteiger partial charge in [-0.3, -0.25) is 0 Å². The normalized spacial score (nSPS) is 12.8. The van der Waals surface area contributed by atoms with E-state index in [0.29, 0.717) is 5.92 Å². The van der Waals surface area contributed by atoms with Crippen LogP contribution in [0, 0.1) is 0 Å². The van der Waals surface area contributed by atoms with E-state index >= 15 is 0 Å². The molecule has 1 unspecified atom stereocenters. The van der Waals surface area contributed by atoms with Crippen molar-refractivity contribution in [2.24, 2.45) is 0 Å². The Kier molecular flexibility index (Phi) is 4.82. The summed E-state index contributed by atoms with van der Waals surface area (Å²) in [5.41, 5.74) is 1.34. The van der Waals surface area contributed by atoms with Crippen LogP contribution in [-0.4, -0.2) is 5.33 Å². The number of hydrogen-bond acceptors (Lipinski definition) is 0. The smallest absolute Gasteiger partial charge is 0.0408 e. The SMILES string of the molecule is CCCC(CBr)c1cccc(Cl)c1. The number of alkyl halides is 1. The van der Waals surface area contributed by atoms with E-state index in [2.05, 4.69) is 35.0 Å². The van der Waals surface area contributed by atoms with Crippen molar-refractivity contribution in [1.82, 2.24) is 0 Å². The maximum absolute atomic E-state index is 5.93. The van der Waals surface area contributed by atoms with E-state index in [0.717, 1.165) is 10.4 Å². The molecule has 1 atom stereocenters. The van der Waals surface area contributed by atoms with Crippen LogP contribution in [0.5, 0.6) is 0 Å². The van der Waals surface area contributed by atoms with Gasteiger partial charge in [0.1, 0.15) is 0 Å². The molecule has 1 rings (SSSR count). The summed E-state index contributed by atoms with van der Waals surface area (Å²) in [6.07, 6.45) is 2.42. The number of hydrogen-bond donors (Lipinski definition) is 0. The second kappa shape index (κ2) is 5.66. The third-order valence-electron chi connectivity index (χ3n) is 2.14. The summed E-state index contributed by atoms with van der Waals surface area (Å²) < 4.78 is 0. The summed E-state index contributed by atoms with van der Waals surface area (Å²) in [4.78, 5) is 0. The van der Waals surface area contributed by atoms with Crippen molar-refractivity contribution in [1.29, 1.82) is 0 Å². The topological polar surface area (TPSA) is 0 Å². The van der Waals surface area contributed by atoms with E-state index in [1.807, 2.05) is 12.1 Å². The summed E-state index contributed by atoms with van der Waals surface area (Å²) in [6, 6.07) is 8.14. The fraction of sp³-hybridized carbons (Fsp3) is 0.455. The highest BCUT2D eigenvalue weighted by Crippen LogP contribution is 2.25. The zero-order chi connectivity index (χ0) is 9.68. The van der Waals surface area contributed by atoms with Gasteiger partial charge in [0.2, 0.25) is 0 Å². The first-order valence-electron chi connectivity index (χ1n) is 4.59. The molecule has 1 aromatic rings. The highest BCUT2D eigenvalue weighted by atomic mass is 79.9. The Morgan fingerprint density at radius 1 is 1.46 bits per heavy atom. The van der Waals surface area contributed by atoms with Gasteiger partial charge in [0.05, 0.1) is 0 Å². The van der Waals surface area contributed by atoms with Crippen molar-refractivity contribution >= 4 is 27.5 Å². The molecule has 72 valence electrons. The minimum absolute atomic E-state index is 0.601. The van der Waals surface area contributed by atoms with Crippen LogP contribution in [-0.2, 0) is 0 Å². The highest BCUT2D eigenvalue weighted by molar-refractivity contribution is 9.09. The molecule has 0 fully saturated rings. The van der Waals surface area contributed by atoms with Gasteiger partial charge in [0.25, 0.3) is 0 Å². The van der Waals surface area contributed by atoms with E-state index in [-0.39, 0.29) is 0 Å². The predicted molar refractivity (Wildman–Crippen MR) is 62.9 cm³/mol. The molecule has 0 nitrogen and oxygen atoms in total. The van der Waals surface area contributed by atoms with Gasteiger partial charge in [-0.15, -0.1) is 0 Å². The zero-order valence-electron chi connectivity index (χ0n) is 7.76. The summed E-state index contributed by atoms with van der Waals surface area (Å²) >= 11 is 9.47. The Bertz CT molecular complexity index is 260.